The third-order valence-electron chi connectivity index (χ3n) is 3.92. The molecular formula is C18H21FN2O5S. The fourth-order valence-corrected chi connectivity index (χ4v) is 3.49. The van der Waals surface area contributed by atoms with Crippen molar-refractivity contribution in [2.45, 2.75) is 12.5 Å². The molecule has 0 aliphatic heterocycles. The first kappa shape index (κ1) is 20.7. The minimum Gasteiger partial charge on any atom is -0.497 e. The van der Waals surface area contributed by atoms with Crippen LogP contribution in [-0.2, 0) is 20.4 Å². The number of carbonyl (C=O) groups is 1. The predicted molar refractivity (Wildman–Crippen MR) is 99.9 cm³/mol. The SMILES string of the molecule is COc1ccc(NC(=O)C(C)(NS(C)(=O)=O)c2ccc(F)cc2)c(OC)c1. The molecule has 2 aromatic rings. The molecule has 0 saturated carbocycles. The van der Waals surface area contributed by atoms with Gasteiger partial charge in [0.15, 0.2) is 0 Å². The number of amides is 1. The molecule has 1 unspecified atom stereocenters. The number of methoxy groups -OCH3 is 2. The zero-order chi connectivity index (χ0) is 20.2. The number of hydrogen-bond donors (Lipinski definition) is 2. The lowest BCUT2D eigenvalue weighted by atomic mass is 9.92. The van der Waals surface area contributed by atoms with E-state index in [1.165, 1.54) is 33.3 Å². The molecule has 0 radical (unpaired) electrons. The molecule has 9 heteroatoms. The van der Waals surface area contributed by atoms with Crippen LogP contribution in [-0.4, -0.2) is 34.8 Å². The van der Waals surface area contributed by atoms with Crippen LogP contribution >= 0.6 is 0 Å². The van der Waals surface area contributed by atoms with Crippen LogP contribution in [0.15, 0.2) is 42.5 Å². The molecule has 0 aliphatic carbocycles. The Morgan fingerprint density at radius 3 is 2.22 bits per heavy atom. The summed E-state index contributed by atoms with van der Waals surface area (Å²) in [6, 6.07) is 9.77. The first-order valence-electron chi connectivity index (χ1n) is 7.87. The lowest BCUT2D eigenvalue weighted by Gasteiger charge is -2.29. The van der Waals surface area contributed by atoms with Crippen molar-refractivity contribution in [3.8, 4) is 11.5 Å². The number of halogens is 1. The molecule has 0 fully saturated rings. The largest absolute Gasteiger partial charge is 0.497 e. The summed E-state index contributed by atoms with van der Waals surface area (Å²) in [6.07, 6.45) is 0.940. The smallest absolute Gasteiger partial charge is 0.250 e. The van der Waals surface area contributed by atoms with E-state index in [0.29, 0.717) is 17.2 Å². The highest BCUT2D eigenvalue weighted by Crippen LogP contribution is 2.31. The molecule has 27 heavy (non-hydrogen) atoms. The fourth-order valence-electron chi connectivity index (χ4n) is 2.54. The summed E-state index contributed by atoms with van der Waals surface area (Å²) in [5, 5.41) is 2.65. The molecule has 0 aliphatic rings. The summed E-state index contributed by atoms with van der Waals surface area (Å²) in [4.78, 5) is 13.0. The Hall–Kier alpha value is -2.65. The molecule has 0 spiro atoms. The lowest BCUT2D eigenvalue weighted by Crippen LogP contribution is -2.51. The van der Waals surface area contributed by atoms with Crippen LogP contribution < -0.4 is 19.5 Å². The van der Waals surface area contributed by atoms with E-state index < -0.39 is 27.3 Å². The normalized spacial score (nSPS) is 13.5. The second kappa shape index (κ2) is 7.93. The van der Waals surface area contributed by atoms with Crippen molar-refractivity contribution >= 4 is 21.6 Å². The second-order valence-corrected chi connectivity index (χ2v) is 7.77. The highest BCUT2D eigenvalue weighted by molar-refractivity contribution is 7.88. The summed E-state index contributed by atoms with van der Waals surface area (Å²) in [7, 11) is -0.836. The monoisotopic (exact) mass is 396 g/mol. The molecule has 0 bridgehead atoms. The molecule has 1 amide bonds. The van der Waals surface area contributed by atoms with Crippen LogP contribution in [0.5, 0.6) is 11.5 Å². The molecule has 0 saturated heterocycles. The zero-order valence-electron chi connectivity index (χ0n) is 15.4. The fraction of sp³-hybridized carbons (Fsp3) is 0.278. The van der Waals surface area contributed by atoms with Gasteiger partial charge in [-0.1, -0.05) is 12.1 Å². The van der Waals surface area contributed by atoms with Crippen LogP contribution in [0.1, 0.15) is 12.5 Å². The van der Waals surface area contributed by atoms with Crippen molar-refractivity contribution in [1.29, 1.82) is 0 Å². The topological polar surface area (TPSA) is 93.7 Å². The highest BCUT2D eigenvalue weighted by atomic mass is 32.2. The summed E-state index contributed by atoms with van der Waals surface area (Å²) in [6.45, 7) is 1.40. The van der Waals surface area contributed by atoms with E-state index in [-0.39, 0.29) is 5.56 Å². The Balaban J connectivity index is 2.44. The molecule has 2 aromatic carbocycles. The molecule has 7 nitrogen and oxygen atoms in total. The maximum Gasteiger partial charge on any atom is 0.250 e. The van der Waals surface area contributed by atoms with Crippen molar-refractivity contribution in [3.63, 3.8) is 0 Å². The molecule has 146 valence electrons. The Labute approximate surface area is 157 Å². The van der Waals surface area contributed by atoms with Gasteiger partial charge in [0.2, 0.25) is 15.9 Å². The molecule has 0 heterocycles. The van der Waals surface area contributed by atoms with Crippen molar-refractivity contribution in [2.24, 2.45) is 0 Å². The van der Waals surface area contributed by atoms with Gasteiger partial charge in [-0.25, -0.2) is 12.8 Å². The third kappa shape index (κ3) is 4.95. The van der Waals surface area contributed by atoms with Gasteiger partial charge in [0.1, 0.15) is 22.9 Å². The van der Waals surface area contributed by atoms with Crippen molar-refractivity contribution < 1.29 is 27.1 Å². The van der Waals surface area contributed by atoms with Crippen LogP contribution in [0.25, 0.3) is 0 Å². The number of benzene rings is 2. The average Bonchev–Trinajstić information content (AvgIpc) is 2.60. The number of hydrogen-bond acceptors (Lipinski definition) is 5. The van der Waals surface area contributed by atoms with Crippen molar-refractivity contribution in [2.75, 3.05) is 25.8 Å². The summed E-state index contributed by atoms with van der Waals surface area (Å²) >= 11 is 0. The van der Waals surface area contributed by atoms with Gasteiger partial charge in [0, 0.05) is 6.07 Å². The standard InChI is InChI=1S/C18H21FN2O5S/c1-18(21-27(4,23)24,12-5-7-13(19)8-6-12)17(22)20-15-10-9-14(25-2)11-16(15)26-3/h5-11,21H,1-4H3,(H,20,22). The van der Waals surface area contributed by atoms with Gasteiger partial charge < -0.3 is 14.8 Å². The number of rotatable bonds is 7. The summed E-state index contributed by atoms with van der Waals surface area (Å²) < 4.78 is 49.6. The second-order valence-electron chi connectivity index (χ2n) is 6.03. The molecule has 2 N–H and O–H groups in total. The van der Waals surface area contributed by atoms with Crippen molar-refractivity contribution in [1.82, 2.24) is 4.72 Å². The highest BCUT2D eigenvalue weighted by Gasteiger charge is 2.38. The van der Waals surface area contributed by atoms with E-state index in [4.69, 9.17) is 9.47 Å². The van der Waals surface area contributed by atoms with E-state index in [1.807, 2.05) is 0 Å². The lowest BCUT2D eigenvalue weighted by molar-refractivity contribution is -0.121. The Bertz CT molecular complexity index is 931. The van der Waals surface area contributed by atoms with Crippen LogP contribution in [0.3, 0.4) is 0 Å². The quantitative estimate of drug-likeness (QED) is 0.749. The van der Waals surface area contributed by atoms with E-state index in [0.717, 1.165) is 18.4 Å². The first-order valence-corrected chi connectivity index (χ1v) is 9.76. The zero-order valence-corrected chi connectivity index (χ0v) is 16.2. The predicted octanol–water partition coefficient (Wildman–Crippen LogP) is 2.25. The Kier molecular flexibility index (Phi) is 6.07. The molecule has 0 aromatic heterocycles. The van der Waals surface area contributed by atoms with Crippen LogP contribution in [0.4, 0.5) is 10.1 Å². The van der Waals surface area contributed by atoms with Crippen molar-refractivity contribution in [3.05, 3.63) is 53.8 Å². The van der Waals surface area contributed by atoms with Gasteiger partial charge in [-0.15, -0.1) is 0 Å². The van der Waals surface area contributed by atoms with Gasteiger partial charge >= 0.3 is 0 Å². The number of nitrogens with one attached hydrogen (secondary N) is 2. The van der Waals surface area contributed by atoms with Gasteiger partial charge in [-0.05, 0) is 36.8 Å². The maximum absolute atomic E-state index is 13.3. The van der Waals surface area contributed by atoms with E-state index >= 15 is 0 Å². The van der Waals surface area contributed by atoms with E-state index in [1.54, 1.807) is 18.2 Å². The number of anilines is 1. The van der Waals surface area contributed by atoms with E-state index in [9.17, 15) is 17.6 Å². The molecule has 2 rings (SSSR count). The third-order valence-corrected chi connectivity index (χ3v) is 4.70. The first-order chi connectivity index (χ1) is 12.6. The van der Waals surface area contributed by atoms with Gasteiger partial charge in [-0.2, -0.15) is 4.72 Å². The van der Waals surface area contributed by atoms with Crippen LogP contribution in [0, 0.1) is 5.82 Å². The Morgan fingerprint density at radius 2 is 1.70 bits per heavy atom. The molecular weight excluding hydrogens is 375 g/mol. The van der Waals surface area contributed by atoms with Crippen LogP contribution in [0.2, 0.25) is 0 Å². The summed E-state index contributed by atoms with van der Waals surface area (Å²) in [5.74, 6) is -0.301. The minimum atomic E-state index is -3.76. The van der Waals surface area contributed by atoms with E-state index in [2.05, 4.69) is 10.0 Å². The van der Waals surface area contributed by atoms with Gasteiger partial charge in [0.25, 0.3) is 0 Å². The number of ether oxygens (including phenoxy) is 2. The Morgan fingerprint density at radius 1 is 1.07 bits per heavy atom. The average molecular weight is 396 g/mol. The minimum absolute atomic E-state index is 0.277. The van der Waals surface area contributed by atoms with Gasteiger partial charge in [0.05, 0.1) is 26.2 Å². The van der Waals surface area contributed by atoms with Gasteiger partial charge in [-0.3, -0.25) is 4.79 Å². The maximum atomic E-state index is 13.3. The number of carbonyl (C=O) groups excluding carboxylic acids is 1. The number of sulfonamides is 1. The summed E-state index contributed by atoms with van der Waals surface area (Å²) in [5.41, 5.74) is -1.07. The molecule has 1 atom stereocenters.